The van der Waals surface area contributed by atoms with Gasteiger partial charge in [0.15, 0.2) is 0 Å². The van der Waals surface area contributed by atoms with Gasteiger partial charge in [-0.25, -0.2) is 0 Å². The van der Waals surface area contributed by atoms with Crippen LogP contribution in [0, 0.1) is 0 Å². The van der Waals surface area contributed by atoms with Crippen LogP contribution in [0.2, 0.25) is 0 Å². The Kier molecular flexibility index (Phi) is 6.93. The van der Waals surface area contributed by atoms with Crippen LogP contribution in [-0.2, 0) is 0 Å². The first-order valence-corrected chi connectivity index (χ1v) is 19.5. The molecule has 3 heterocycles. The minimum absolute atomic E-state index is 0.877. The Labute approximate surface area is 328 Å². The second-order valence-electron chi connectivity index (χ2n) is 14.9. The van der Waals surface area contributed by atoms with Crippen molar-refractivity contribution in [3.63, 3.8) is 0 Å². The van der Waals surface area contributed by atoms with E-state index in [0.29, 0.717) is 0 Å². The van der Waals surface area contributed by atoms with Crippen LogP contribution in [0.5, 0.6) is 0 Å². The average Bonchev–Trinajstić information content (AvgIpc) is 3.94. The fraction of sp³-hybridized carbons (Fsp3) is 0. The molecule has 3 heteroatoms. The lowest BCUT2D eigenvalue weighted by molar-refractivity contribution is 0.669. The molecule has 0 aliphatic carbocycles. The van der Waals surface area contributed by atoms with Crippen LogP contribution in [0.15, 0.2) is 211 Å². The molecule has 0 aliphatic heterocycles. The van der Waals surface area contributed by atoms with Gasteiger partial charge < -0.3 is 13.6 Å². The molecule has 12 aromatic rings. The molecule has 0 spiro atoms. The minimum atomic E-state index is 0.877. The summed E-state index contributed by atoms with van der Waals surface area (Å²) in [6.45, 7) is 0. The summed E-state index contributed by atoms with van der Waals surface area (Å²) in [6, 6.07) is 74.3. The van der Waals surface area contributed by atoms with E-state index in [4.69, 9.17) is 4.42 Å². The molecular weight excluding hydrogens is 693 g/mol. The van der Waals surface area contributed by atoms with Gasteiger partial charge in [0, 0.05) is 55.3 Å². The minimum Gasteiger partial charge on any atom is -0.455 e. The van der Waals surface area contributed by atoms with Gasteiger partial charge in [-0.3, -0.25) is 0 Å². The summed E-state index contributed by atoms with van der Waals surface area (Å²) < 4.78 is 11.6. The molecule has 12 rings (SSSR count). The molecule has 9 aromatic carbocycles. The molecule has 3 aromatic heterocycles. The van der Waals surface area contributed by atoms with Crippen molar-refractivity contribution in [2.45, 2.75) is 0 Å². The molecule has 0 amide bonds. The SMILES string of the molecule is c1ccc(-c2cc(-c3ccccc3)cc(-n3c4ccccc4c4c5c6ccccc6n(-c6ccc7c(c6)oc6c(-c8ccccc8)cccc67)c5ccc43)c2)cc1. The zero-order chi connectivity index (χ0) is 37.5. The third-order valence-electron chi connectivity index (χ3n) is 11.7. The highest BCUT2D eigenvalue weighted by atomic mass is 16.3. The van der Waals surface area contributed by atoms with Crippen molar-refractivity contribution in [1.29, 1.82) is 0 Å². The lowest BCUT2D eigenvalue weighted by Gasteiger charge is -2.14. The van der Waals surface area contributed by atoms with Crippen molar-refractivity contribution in [3.8, 4) is 44.8 Å². The maximum Gasteiger partial charge on any atom is 0.143 e. The van der Waals surface area contributed by atoms with E-state index in [1.165, 1.54) is 54.8 Å². The number of hydrogen-bond acceptors (Lipinski definition) is 1. The lowest BCUT2D eigenvalue weighted by atomic mass is 9.98. The monoisotopic (exact) mass is 726 g/mol. The number of furan rings is 1. The Bertz CT molecular complexity index is 3440. The van der Waals surface area contributed by atoms with Gasteiger partial charge in [0.05, 0.1) is 22.1 Å². The van der Waals surface area contributed by atoms with Gasteiger partial charge in [0.2, 0.25) is 0 Å². The van der Waals surface area contributed by atoms with Gasteiger partial charge in [-0.2, -0.15) is 0 Å². The largest absolute Gasteiger partial charge is 0.455 e. The second-order valence-corrected chi connectivity index (χ2v) is 14.9. The van der Waals surface area contributed by atoms with Gasteiger partial charge in [-0.05, 0) is 82.4 Å². The summed E-state index contributed by atoms with van der Waals surface area (Å²) in [5, 5.41) is 7.19. The Balaban J connectivity index is 1.12. The van der Waals surface area contributed by atoms with Crippen LogP contribution in [0.4, 0.5) is 0 Å². The number of hydrogen-bond donors (Lipinski definition) is 0. The molecular formula is C54H34N2O. The zero-order valence-corrected chi connectivity index (χ0v) is 30.9. The van der Waals surface area contributed by atoms with Crippen LogP contribution >= 0.6 is 0 Å². The van der Waals surface area contributed by atoms with E-state index >= 15 is 0 Å². The topological polar surface area (TPSA) is 23.0 Å². The molecule has 0 bridgehead atoms. The third-order valence-corrected chi connectivity index (χ3v) is 11.7. The standard InChI is InChI=1S/C54H34N2O/c1-4-15-35(16-5-1)38-31-39(36-17-6-2-7-18-36)33-41(32-38)56-48-26-13-11-22-46(48)53-50(56)30-29-49-52(53)45-21-10-12-25-47(45)55(49)40-27-28-43-44-24-14-23-42(37-19-8-3-9-20-37)54(44)57-51(43)34-40/h1-34H. The Hall–Kier alpha value is -7.62. The zero-order valence-electron chi connectivity index (χ0n) is 30.9. The van der Waals surface area contributed by atoms with Gasteiger partial charge in [0.25, 0.3) is 0 Å². The highest BCUT2D eigenvalue weighted by Gasteiger charge is 2.22. The Morgan fingerprint density at radius 2 is 0.807 bits per heavy atom. The van der Waals surface area contributed by atoms with Crippen LogP contribution < -0.4 is 0 Å². The number of fused-ring (bicyclic) bond motifs is 10. The number of aromatic nitrogens is 2. The molecule has 0 aliphatic rings. The van der Waals surface area contributed by atoms with Crippen molar-refractivity contribution in [2.24, 2.45) is 0 Å². The Morgan fingerprint density at radius 1 is 0.298 bits per heavy atom. The predicted molar refractivity (Wildman–Crippen MR) is 239 cm³/mol. The normalized spacial score (nSPS) is 11.9. The quantitative estimate of drug-likeness (QED) is 0.173. The van der Waals surface area contributed by atoms with Gasteiger partial charge >= 0.3 is 0 Å². The lowest BCUT2D eigenvalue weighted by Crippen LogP contribution is -1.96. The van der Waals surface area contributed by atoms with E-state index in [2.05, 4.69) is 215 Å². The summed E-state index contributed by atoms with van der Waals surface area (Å²) in [4.78, 5) is 0. The van der Waals surface area contributed by atoms with Crippen LogP contribution in [0.1, 0.15) is 0 Å². The number of rotatable bonds is 5. The molecule has 3 nitrogen and oxygen atoms in total. The average molecular weight is 727 g/mol. The summed E-state index contributed by atoms with van der Waals surface area (Å²) in [5.41, 5.74) is 15.7. The first kappa shape index (κ1) is 31.7. The predicted octanol–water partition coefficient (Wildman–Crippen LogP) is 14.8. The second kappa shape index (κ2) is 12.5. The van der Waals surface area contributed by atoms with Gasteiger partial charge in [0.1, 0.15) is 11.2 Å². The molecule has 0 saturated heterocycles. The van der Waals surface area contributed by atoms with Crippen molar-refractivity contribution in [3.05, 3.63) is 206 Å². The Morgan fingerprint density at radius 3 is 1.40 bits per heavy atom. The van der Waals surface area contributed by atoms with Crippen molar-refractivity contribution < 1.29 is 4.42 Å². The van der Waals surface area contributed by atoms with Gasteiger partial charge in [-0.1, -0.05) is 146 Å². The van der Waals surface area contributed by atoms with E-state index in [-0.39, 0.29) is 0 Å². The summed E-state index contributed by atoms with van der Waals surface area (Å²) >= 11 is 0. The summed E-state index contributed by atoms with van der Waals surface area (Å²) in [7, 11) is 0. The molecule has 266 valence electrons. The molecule has 0 N–H and O–H groups in total. The van der Waals surface area contributed by atoms with E-state index in [0.717, 1.165) is 55.5 Å². The highest BCUT2D eigenvalue weighted by molar-refractivity contribution is 6.29. The molecule has 0 fully saturated rings. The highest BCUT2D eigenvalue weighted by Crippen LogP contribution is 2.44. The molecule has 0 saturated carbocycles. The van der Waals surface area contributed by atoms with E-state index in [1.54, 1.807) is 0 Å². The van der Waals surface area contributed by atoms with Crippen molar-refractivity contribution in [1.82, 2.24) is 9.13 Å². The van der Waals surface area contributed by atoms with Crippen LogP contribution in [0.25, 0.3) is 110 Å². The van der Waals surface area contributed by atoms with Crippen molar-refractivity contribution in [2.75, 3.05) is 0 Å². The smallest absolute Gasteiger partial charge is 0.143 e. The molecule has 0 unspecified atom stereocenters. The summed E-state index contributed by atoms with van der Waals surface area (Å²) in [5.74, 6) is 0. The fourth-order valence-corrected chi connectivity index (χ4v) is 9.18. The first-order valence-electron chi connectivity index (χ1n) is 19.5. The third kappa shape index (κ3) is 4.86. The molecule has 57 heavy (non-hydrogen) atoms. The number of benzene rings is 9. The fourth-order valence-electron chi connectivity index (χ4n) is 9.18. The number of nitrogens with zero attached hydrogens (tertiary/aromatic N) is 2. The van der Waals surface area contributed by atoms with Crippen molar-refractivity contribution >= 4 is 65.6 Å². The number of para-hydroxylation sites is 3. The summed E-state index contributed by atoms with van der Waals surface area (Å²) in [6.07, 6.45) is 0. The van der Waals surface area contributed by atoms with Gasteiger partial charge in [-0.15, -0.1) is 0 Å². The van der Waals surface area contributed by atoms with Crippen LogP contribution in [-0.4, -0.2) is 9.13 Å². The van der Waals surface area contributed by atoms with E-state index < -0.39 is 0 Å². The molecule has 0 atom stereocenters. The molecule has 0 radical (unpaired) electrons. The van der Waals surface area contributed by atoms with E-state index in [9.17, 15) is 0 Å². The maximum absolute atomic E-state index is 6.75. The van der Waals surface area contributed by atoms with Crippen LogP contribution in [0.3, 0.4) is 0 Å². The first-order chi connectivity index (χ1) is 28.3. The maximum atomic E-state index is 6.75. The van der Waals surface area contributed by atoms with E-state index in [1.807, 2.05) is 0 Å².